The molecule has 1 amide bonds. The molecule has 0 bridgehead atoms. The standard InChI is InChI=1S/C6H4BrClN2O3/c7-4-1-3(2-9-5(4)8)10(13)6(11)12/h1-2,13H,(H,11,12). The van der Waals surface area contributed by atoms with E-state index in [1.165, 1.54) is 6.07 Å². The quantitative estimate of drug-likeness (QED) is 0.465. The van der Waals surface area contributed by atoms with Gasteiger partial charge in [0.1, 0.15) is 5.15 Å². The van der Waals surface area contributed by atoms with Crippen molar-refractivity contribution in [1.29, 1.82) is 0 Å². The first-order chi connectivity index (χ1) is 6.02. The van der Waals surface area contributed by atoms with Crippen molar-refractivity contribution >= 4 is 39.3 Å². The van der Waals surface area contributed by atoms with Gasteiger partial charge in [-0.3, -0.25) is 5.21 Å². The van der Waals surface area contributed by atoms with Crippen LogP contribution in [0, 0.1) is 0 Å². The lowest BCUT2D eigenvalue weighted by Crippen LogP contribution is -2.24. The molecule has 1 heterocycles. The number of hydrogen-bond acceptors (Lipinski definition) is 3. The zero-order chi connectivity index (χ0) is 10.0. The molecule has 0 aliphatic carbocycles. The Morgan fingerprint density at radius 3 is 2.77 bits per heavy atom. The van der Waals surface area contributed by atoms with E-state index in [2.05, 4.69) is 20.9 Å². The molecule has 2 N–H and O–H groups in total. The highest BCUT2D eigenvalue weighted by Gasteiger charge is 2.12. The van der Waals surface area contributed by atoms with Gasteiger partial charge in [-0.05, 0) is 22.0 Å². The molecular formula is C6H4BrClN2O3. The van der Waals surface area contributed by atoms with Crippen molar-refractivity contribution in [1.82, 2.24) is 4.98 Å². The van der Waals surface area contributed by atoms with Gasteiger partial charge >= 0.3 is 6.09 Å². The van der Waals surface area contributed by atoms with Gasteiger partial charge in [0.05, 0.1) is 16.4 Å². The summed E-state index contributed by atoms with van der Waals surface area (Å²) < 4.78 is 0.409. The minimum atomic E-state index is -1.49. The third-order valence-corrected chi connectivity index (χ3v) is 2.34. The van der Waals surface area contributed by atoms with Crippen LogP contribution < -0.4 is 5.06 Å². The van der Waals surface area contributed by atoms with Crippen molar-refractivity contribution in [2.24, 2.45) is 0 Å². The third-order valence-electron chi connectivity index (χ3n) is 1.21. The summed E-state index contributed by atoms with van der Waals surface area (Å²) in [5.74, 6) is 0. The van der Waals surface area contributed by atoms with Crippen LogP contribution in [0.5, 0.6) is 0 Å². The molecule has 0 radical (unpaired) electrons. The third kappa shape index (κ3) is 2.30. The summed E-state index contributed by atoms with van der Waals surface area (Å²) >= 11 is 8.60. The van der Waals surface area contributed by atoms with E-state index in [9.17, 15) is 4.79 Å². The molecule has 0 saturated carbocycles. The number of aromatic nitrogens is 1. The normalized spacial score (nSPS) is 9.77. The molecule has 0 saturated heterocycles. The van der Waals surface area contributed by atoms with Crippen molar-refractivity contribution in [2.75, 3.05) is 5.06 Å². The number of anilines is 1. The summed E-state index contributed by atoms with van der Waals surface area (Å²) in [7, 11) is 0. The number of pyridine rings is 1. The highest BCUT2D eigenvalue weighted by Crippen LogP contribution is 2.24. The minimum Gasteiger partial charge on any atom is -0.463 e. The number of rotatable bonds is 1. The topological polar surface area (TPSA) is 73.7 Å². The number of carbonyl (C=O) groups is 1. The van der Waals surface area contributed by atoms with Crippen LogP contribution in [0.2, 0.25) is 5.15 Å². The molecular weight excluding hydrogens is 263 g/mol. The second-order valence-corrected chi connectivity index (χ2v) is 3.27. The largest absolute Gasteiger partial charge is 0.463 e. The van der Waals surface area contributed by atoms with Gasteiger partial charge in [-0.15, -0.1) is 0 Å². The number of carboxylic acid groups (broad SMARTS) is 1. The fourth-order valence-electron chi connectivity index (χ4n) is 0.637. The Morgan fingerprint density at radius 1 is 1.69 bits per heavy atom. The Kier molecular flexibility index (Phi) is 3.07. The summed E-state index contributed by atoms with van der Waals surface area (Å²) in [6, 6.07) is 1.34. The minimum absolute atomic E-state index is 0.0174. The highest BCUT2D eigenvalue weighted by molar-refractivity contribution is 9.10. The van der Waals surface area contributed by atoms with E-state index < -0.39 is 6.09 Å². The summed E-state index contributed by atoms with van der Waals surface area (Å²) in [6.07, 6.45) is -0.350. The van der Waals surface area contributed by atoms with Gasteiger partial charge in [0.15, 0.2) is 0 Å². The first-order valence-electron chi connectivity index (χ1n) is 3.05. The molecule has 0 fully saturated rings. The predicted octanol–water partition coefficient (Wildman–Crippen LogP) is 2.37. The zero-order valence-corrected chi connectivity index (χ0v) is 8.45. The Hall–Kier alpha value is -0.850. The van der Waals surface area contributed by atoms with Crippen LogP contribution in [0.1, 0.15) is 0 Å². The van der Waals surface area contributed by atoms with E-state index >= 15 is 0 Å². The van der Waals surface area contributed by atoms with E-state index in [0.717, 1.165) is 6.20 Å². The maximum atomic E-state index is 10.3. The molecule has 0 spiro atoms. The number of amides is 1. The number of hydrogen-bond donors (Lipinski definition) is 2. The molecule has 7 heteroatoms. The molecule has 0 aliphatic heterocycles. The van der Waals surface area contributed by atoms with Crippen molar-refractivity contribution in [3.8, 4) is 0 Å². The van der Waals surface area contributed by atoms with E-state index in [-0.39, 0.29) is 15.9 Å². The van der Waals surface area contributed by atoms with Crippen LogP contribution in [-0.4, -0.2) is 21.4 Å². The zero-order valence-electron chi connectivity index (χ0n) is 6.11. The highest BCUT2D eigenvalue weighted by atomic mass is 79.9. The van der Waals surface area contributed by atoms with Gasteiger partial charge in [0, 0.05) is 0 Å². The van der Waals surface area contributed by atoms with Gasteiger partial charge < -0.3 is 5.11 Å². The number of hydroxylamine groups is 1. The molecule has 0 unspecified atom stereocenters. The summed E-state index contributed by atoms with van der Waals surface area (Å²) in [6.45, 7) is 0. The molecule has 1 aromatic heterocycles. The van der Waals surface area contributed by atoms with Crippen molar-refractivity contribution < 1.29 is 15.1 Å². The molecule has 1 aromatic rings. The second-order valence-electron chi connectivity index (χ2n) is 2.06. The Morgan fingerprint density at radius 2 is 2.31 bits per heavy atom. The van der Waals surface area contributed by atoms with Crippen LogP contribution >= 0.6 is 27.5 Å². The molecule has 0 aromatic carbocycles. The summed E-state index contributed by atoms with van der Waals surface area (Å²) in [5, 5.41) is 17.6. The average Bonchev–Trinajstić information content (AvgIpc) is 2.08. The maximum absolute atomic E-state index is 10.3. The molecule has 0 atom stereocenters. The van der Waals surface area contributed by atoms with E-state index in [1.54, 1.807) is 0 Å². The molecule has 13 heavy (non-hydrogen) atoms. The van der Waals surface area contributed by atoms with Crippen LogP contribution in [0.15, 0.2) is 16.7 Å². The maximum Gasteiger partial charge on any atom is 0.436 e. The Balaban J connectivity index is 3.03. The van der Waals surface area contributed by atoms with Crippen LogP contribution in [0.4, 0.5) is 10.5 Å². The monoisotopic (exact) mass is 266 g/mol. The fraction of sp³-hybridized carbons (Fsp3) is 0. The predicted molar refractivity (Wildman–Crippen MR) is 49.2 cm³/mol. The lowest BCUT2D eigenvalue weighted by molar-refractivity contribution is 0.160. The van der Waals surface area contributed by atoms with Crippen LogP contribution in [0.3, 0.4) is 0 Å². The lowest BCUT2D eigenvalue weighted by atomic mass is 10.4. The van der Waals surface area contributed by atoms with Gasteiger partial charge in [-0.1, -0.05) is 11.6 Å². The number of halogens is 2. The van der Waals surface area contributed by atoms with Gasteiger partial charge in [-0.2, -0.15) is 5.06 Å². The average molecular weight is 267 g/mol. The molecule has 70 valence electrons. The smallest absolute Gasteiger partial charge is 0.436 e. The Labute approximate surface area is 86.7 Å². The molecule has 1 rings (SSSR count). The first kappa shape index (κ1) is 10.2. The summed E-state index contributed by atoms with van der Waals surface area (Å²) in [4.78, 5) is 13.9. The van der Waals surface area contributed by atoms with Gasteiger partial charge in [0.2, 0.25) is 0 Å². The molecule has 0 aliphatic rings. The SMILES string of the molecule is O=C(O)N(O)c1cnc(Cl)c(Br)c1. The van der Waals surface area contributed by atoms with Gasteiger partial charge in [0.25, 0.3) is 0 Å². The van der Waals surface area contributed by atoms with Crippen molar-refractivity contribution in [3.05, 3.63) is 21.9 Å². The summed E-state index contributed by atoms with van der Waals surface area (Å²) in [5.41, 5.74) is 0.0174. The van der Waals surface area contributed by atoms with E-state index in [0.29, 0.717) is 4.47 Å². The fourth-order valence-corrected chi connectivity index (χ4v) is 1.08. The molecule has 5 nitrogen and oxygen atoms in total. The van der Waals surface area contributed by atoms with Crippen LogP contribution in [0.25, 0.3) is 0 Å². The van der Waals surface area contributed by atoms with Crippen molar-refractivity contribution in [3.63, 3.8) is 0 Å². The Bertz CT molecular complexity index is 347. The first-order valence-corrected chi connectivity index (χ1v) is 4.22. The van der Waals surface area contributed by atoms with E-state index in [1.807, 2.05) is 0 Å². The van der Waals surface area contributed by atoms with E-state index in [4.69, 9.17) is 21.9 Å². The number of nitrogens with zero attached hydrogens (tertiary/aromatic N) is 2. The second kappa shape index (κ2) is 3.91. The van der Waals surface area contributed by atoms with Crippen LogP contribution in [-0.2, 0) is 0 Å². The van der Waals surface area contributed by atoms with Gasteiger partial charge in [-0.25, -0.2) is 9.78 Å². The van der Waals surface area contributed by atoms with Crippen molar-refractivity contribution in [2.45, 2.75) is 0 Å². The lowest BCUT2D eigenvalue weighted by Gasteiger charge is -2.10.